The average Bonchev–Trinajstić information content (AvgIpc) is 3.31. The molecule has 4 aliphatic rings. The Hall–Kier alpha value is -1.14. The highest BCUT2D eigenvalue weighted by molar-refractivity contribution is 5.89. The van der Waals surface area contributed by atoms with E-state index in [1.54, 1.807) is 6.92 Å². The van der Waals surface area contributed by atoms with Gasteiger partial charge in [0.25, 0.3) is 0 Å². The van der Waals surface area contributed by atoms with Gasteiger partial charge < -0.3 is 10.1 Å². The third kappa shape index (κ3) is 3.75. The SMILES string of the molecule is CCOC(=O)N1CC2(CCC2)CC1N1CCC(CNC2(C(C)=O)CC2)CC1. The molecular formula is C21H35N3O3. The van der Waals surface area contributed by atoms with Crippen molar-refractivity contribution in [2.24, 2.45) is 11.3 Å². The van der Waals surface area contributed by atoms with Crippen molar-refractivity contribution in [3.8, 4) is 0 Å². The first-order valence-electron chi connectivity index (χ1n) is 10.9. The molecule has 27 heavy (non-hydrogen) atoms. The summed E-state index contributed by atoms with van der Waals surface area (Å²) < 4.78 is 5.35. The van der Waals surface area contributed by atoms with E-state index in [0.717, 1.165) is 58.3 Å². The van der Waals surface area contributed by atoms with Crippen LogP contribution < -0.4 is 5.32 Å². The van der Waals surface area contributed by atoms with Gasteiger partial charge in [-0.25, -0.2) is 4.79 Å². The fourth-order valence-electron chi connectivity index (χ4n) is 5.36. The number of rotatable bonds is 6. The Balaban J connectivity index is 1.31. The lowest BCUT2D eigenvalue weighted by molar-refractivity contribution is -0.120. The van der Waals surface area contributed by atoms with Crippen LogP contribution in [0.15, 0.2) is 0 Å². The van der Waals surface area contributed by atoms with Gasteiger partial charge in [-0.05, 0) is 76.7 Å². The number of carbonyl (C=O) groups is 2. The lowest BCUT2D eigenvalue weighted by atomic mass is 9.68. The van der Waals surface area contributed by atoms with Crippen molar-refractivity contribution in [2.45, 2.75) is 76.9 Å². The maximum atomic E-state index is 12.5. The maximum Gasteiger partial charge on any atom is 0.411 e. The molecule has 1 unspecified atom stereocenters. The third-order valence-corrected chi connectivity index (χ3v) is 7.62. The van der Waals surface area contributed by atoms with Crippen molar-refractivity contribution in [2.75, 3.05) is 32.8 Å². The Bertz CT molecular complexity index is 577. The van der Waals surface area contributed by atoms with E-state index in [4.69, 9.17) is 4.74 Å². The number of nitrogens with one attached hydrogen (secondary N) is 1. The second kappa shape index (κ2) is 7.36. The molecule has 2 aliphatic carbocycles. The van der Waals surface area contributed by atoms with Gasteiger partial charge in [-0.2, -0.15) is 0 Å². The number of carbonyl (C=O) groups excluding carboxylic acids is 2. The van der Waals surface area contributed by atoms with Gasteiger partial charge >= 0.3 is 6.09 Å². The Kier molecular flexibility index (Phi) is 5.23. The number of hydrogen-bond donors (Lipinski definition) is 1. The van der Waals surface area contributed by atoms with Gasteiger partial charge in [0.15, 0.2) is 0 Å². The molecule has 0 aromatic rings. The number of ketones is 1. The summed E-state index contributed by atoms with van der Waals surface area (Å²) in [5.41, 5.74) is 0.162. The first kappa shape index (κ1) is 19.2. The van der Waals surface area contributed by atoms with Gasteiger partial charge in [-0.15, -0.1) is 0 Å². The first-order valence-corrected chi connectivity index (χ1v) is 10.9. The molecule has 0 radical (unpaired) electrons. The minimum Gasteiger partial charge on any atom is -0.450 e. The number of Topliss-reactive ketones (excluding diaryl/α,β-unsaturated/α-hetero) is 1. The van der Waals surface area contributed by atoms with Crippen LogP contribution in [-0.2, 0) is 9.53 Å². The van der Waals surface area contributed by atoms with Gasteiger partial charge in [0, 0.05) is 19.6 Å². The predicted octanol–water partition coefficient (Wildman–Crippen LogP) is 2.77. The van der Waals surface area contributed by atoms with E-state index in [-0.39, 0.29) is 17.8 Å². The molecule has 6 heteroatoms. The van der Waals surface area contributed by atoms with Crippen molar-refractivity contribution >= 4 is 11.9 Å². The predicted molar refractivity (Wildman–Crippen MR) is 103 cm³/mol. The van der Waals surface area contributed by atoms with Crippen molar-refractivity contribution in [1.82, 2.24) is 15.1 Å². The molecule has 2 saturated carbocycles. The van der Waals surface area contributed by atoms with E-state index < -0.39 is 0 Å². The average molecular weight is 378 g/mol. The van der Waals surface area contributed by atoms with Crippen LogP contribution in [0, 0.1) is 11.3 Å². The van der Waals surface area contributed by atoms with E-state index in [1.165, 1.54) is 19.3 Å². The van der Waals surface area contributed by atoms with E-state index in [2.05, 4.69) is 10.2 Å². The highest BCUT2D eigenvalue weighted by atomic mass is 16.6. The summed E-state index contributed by atoms with van der Waals surface area (Å²) >= 11 is 0. The summed E-state index contributed by atoms with van der Waals surface area (Å²) in [7, 11) is 0. The highest BCUT2D eigenvalue weighted by Crippen LogP contribution is 2.51. The molecule has 0 aromatic heterocycles. The maximum absolute atomic E-state index is 12.5. The Morgan fingerprint density at radius 1 is 1.15 bits per heavy atom. The number of nitrogens with zero attached hydrogens (tertiary/aromatic N) is 2. The number of piperidine rings is 1. The van der Waals surface area contributed by atoms with Crippen LogP contribution in [0.5, 0.6) is 0 Å². The van der Waals surface area contributed by atoms with Crippen molar-refractivity contribution in [1.29, 1.82) is 0 Å². The monoisotopic (exact) mass is 377 g/mol. The van der Waals surface area contributed by atoms with E-state index in [9.17, 15) is 9.59 Å². The van der Waals surface area contributed by atoms with Crippen LogP contribution in [0.4, 0.5) is 4.79 Å². The van der Waals surface area contributed by atoms with Crippen LogP contribution >= 0.6 is 0 Å². The topological polar surface area (TPSA) is 61.9 Å². The minimum atomic E-state index is -0.195. The normalized spacial score (nSPS) is 29.6. The zero-order valence-electron chi connectivity index (χ0n) is 17.0. The lowest BCUT2D eigenvalue weighted by Crippen LogP contribution is -2.51. The largest absolute Gasteiger partial charge is 0.450 e. The number of likely N-dealkylation sites (tertiary alicyclic amines) is 2. The molecular weight excluding hydrogens is 342 g/mol. The highest BCUT2D eigenvalue weighted by Gasteiger charge is 2.52. The van der Waals surface area contributed by atoms with E-state index in [1.807, 2.05) is 11.8 Å². The summed E-state index contributed by atoms with van der Waals surface area (Å²) in [6, 6.07) is 0. The molecule has 1 atom stereocenters. The van der Waals surface area contributed by atoms with Gasteiger partial charge in [0.1, 0.15) is 5.78 Å². The van der Waals surface area contributed by atoms with E-state index in [0.29, 0.717) is 23.7 Å². The third-order valence-electron chi connectivity index (χ3n) is 7.62. The van der Waals surface area contributed by atoms with Crippen molar-refractivity contribution in [3.63, 3.8) is 0 Å². The zero-order chi connectivity index (χ0) is 19.1. The van der Waals surface area contributed by atoms with Gasteiger partial charge in [-0.1, -0.05) is 6.42 Å². The second-order valence-corrected chi connectivity index (χ2v) is 9.36. The summed E-state index contributed by atoms with van der Waals surface area (Å²) in [4.78, 5) is 28.8. The summed E-state index contributed by atoms with van der Waals surface area (Å²) in [6.45, 7) is 7.94. The van der Waals surface area contributed by atoms with Crippen LogP contribution in [0.25, 0.3) is 0 Å². The molecule has 1 N–H and O–H groups in total. The van der Waals surface area contributed by atoms with Gasteiger partial charge in [-0.3, -0.25) is 14.6 Å². The minimum absolute atomic E-state index is 0.132. The van der Waals surface area contributed by atoms with Gasteiger partial charge in [0.2, 0.25) is 0 Å². The van der Waals surface area contributed by atoms with Crippen LogP contribution in [0.1, 0.15) is 65.2 Å². The molecule has 0 aromatic carbocycles. The van der Waals surface area contributed by atoms with Crippen LogP contribution in [-0.4, -0.2) is 66.2 Å². The summed E-state index contributed by atoms with van der Waals surface area (Å²) in [6.07, 6.45) is 9.29. The summed E-state index contributed by atoms with van der Waals surface area (Å²) in [5.74, 6) is 0.926. The molecule has 2 heterocycles. The summed E-state index contributed by atoms with van der Waals surface area (Å²) in [5, 5.41) is 3.55. The Morgan fingerprint density at radius 3 is 2.37 bits per heavy atom. The fourth-order valence-corrected chi connectivity index (χ4v) is 5.36. The molecule has 152 valence electrons. The molecule has 2 saturated heterocycles. The lowest BCUT2D eigenvalue weighted by Gasteiger charge is -2.40. The first-order chi connectivity index (χ1) is 13.0. The Morgan fingerprint density at radius 2 is 1.85 bits per heavy atom. The molecule has 1 amide bonds. The quantitative estimate of drug-likeness (QED) is 0.771. The van der Waals surface area contributed by atoms with Crippen LogP contribution in [0.2, 0.25) is 0 Å². The number of amides is 1. The molecule has 6 nitrogen and oxygen atoms in total. The molecule has 4 fully saturated rings. The van der Waals surface area contributed by atoms with Crippen molar-refractivity contribution < 1.29 is 14.3 Å². The molecule has 0 bridgehead atoms. The Labute approximate surface area is 163 Å². The molecule has 4 rings (SSSR count). The molecule has 2 aliphatic heterocycles. The standard InChI is InChI=1S/C21H35N3O3/c1-3-27-19(26)24-15-20(7-4-8-20)13-18(24)23-11-5-17(6-12-23)14-22-21(9-10-21)16(2)25/h17-18,22H,3-15H2,1-2H3. The second-order valence-electron chi connectivity index (χ2n) is 9.36. The smallest absolute Gasteiger partial charge is 0.411 e. The van der Waals surface area contributed by atoms with Gasteiger partial charge in [0.05, 0.1) is 18.3 Å². The fraction of sp³-hybridized carbons (Fsp3) is 0.905. The zero-order valence-corrected chi connectivity index (χ0v) is 17.0. The van der Waals surface area contributed by atoms with Crippen LogP contribution in [0.3, 0.4) is 0 Å². The van der Waals surface area contributed by atoms with E-state index >= 15 is 0 Å². The van der Waals surface area contributed by atoms with Crippen molar-refractivity contribution in [3.05, 3.63) is 0 Å². The number of hydrogen-bond acceptors (Lipinski definition) is 5. The molecule has 1 spiro atoms. The number of ether oxygens (including phenoxy) is 1.